The van der Waals surface area contributed by atoms with Gasteiger partial charge in [-0.15, -0.1) is 11.3 Å². The van der Waals surface area contributed by atoms with Crippen LogP contribution in [0.5, 0.6) is 0 Å². The SMILES string of the molecule is CNC(=O)C1CCCN(c2csc(C(=O)O)c2)C1. The zero-order valence-electron chi connectivity index (χ0n) is 10.2. The highest BCUT2D eigenvalue weighted by Gasteiger charge is 2.25. The van der Waals surface area contributed by atoms with E-state index in [-0.39, 0.29) is 11.8 Å². The second kappa shape index (κ2) is 5.39. The molecule has 18 heavy (non-hydrogen) atoms. The lowest BCUT2D eigenvalue weighted by Crippen LogP contribution is -2.42. The summed E-state index contributed by atoms with van der Waals surface area (Å²) in [5.41, 5.74) is 0.908. The van der Waals surface area contributed by atoms with Crippen molar-refractivity contribution in [2.24, 2.45) is 5.92 Å². The minimum absolute atomic E-state index is 0.00284. The Labute approximate surface area is 109 Å². The van der Waals surface area contributed by atoms with Gasteiger partial charge in [-0.25, -0.2) is 4.79 Å². The van der Waals surface area contributed by atoms with Crippen molar-refractivity contribution in [1.82, 2.24) is 5.32 Å². The molecule has 0 spiro atoms. The molecule has 0 radical (unpaired) electrons. The summed E-state index contributed by atoms with van der Waals surface area (Å²) in [4.78, 5) is 24.9. The third-order valence-electron chi connectivity index (χ3n) is 3.20. The van der Waals surface area contributed by atoms with Crippen LogP contribution in [0.1, 0.15) is 22.5 Å². The third kappa shape index (κ3) is 2.64. The van der Waals surface area contributed by atoms with Crippen molar-refractivity contribution in [2.75, 3.05) is 25.0 Å². The lowest BCUT2D eigenvalue weighted by molar-refractivity contribution is -0.124. The third-order valence-corrected chi connectivity index (χ3v) is 4.11. The van der Waals surface area contributed by atoms with Gasteiger partial charge in [-0.1, -0.05) is 0 Å². The Morgan fingerprint density at radius 1 is 1.56 bits per heavy atom. The van der Waals surface area contributed by atoms with Crippen molar-refractivity contribution < 1.29 is 14.7 Å². The molecule has 1 aliphatic heterocycles. The molecule has 0 saturated carbocycles. The molecule has 98 valence electrons. The van der Waals surface area contributed by atoms with Crippen molar-refractivity contribution in [3.8, 4) is 0 Å². The predicted octanol–water partition coefficient (Wildman–Crippen LogP) is 1.41. The van der Waals surface area contributed by atoms with Gasteiger partial charge in [0, 0.05) is 31.2 Å². The molecule has 1 amide bonds. The fourth-order valence-electron chi connectivity index (χ4n) is 2.23. The van der Waals surface area contributed by atoms with Crippen molar-refractivity contribution in [3.05, 3.63) is 16.3 Å². The summed E-state index contributed by atoms with van der Waals surface area (Å²) in [5.74, 6) is -0.837. The van der Waals surface area contributed by atoms with Crippen LogP contribution in [-0.4, -0.2) is 37.1 Å². The van der Waals surface area contributed by atoms with E-state index in [4.69, 9.17) is 5.11 Å². The van der Waals surface area contributed by atoms with Gasteiger partial charge in [-0.05, 0) is 18.9 Å². The number of nitrogens with one attached hydrogen (secondary N) is 1. The molecular formula is C12H16N2O3S. The van der Waals surface area contributed by atoms with E-state index < -0.39 is 5.97 Å². The standard InChI is InChI=1S/C12H16N2O3S/c1-13-11(15)8-3-2-4-14(6-8)9-5-10(12(16)17)18-7-9/h5,7-8H,2-4,6H2,1H3,(H,13,15)(H,16,17). The number of piperidine rings is 1. The summed E-state index contributed by atoms with van der Waals surface area (Å²) in [7, 11) is 1.65. The number of carbonyl (C=O) groups is 2. The summed E-state index contributed by atoms with van der Waals surface area (Å²) in [6.07, 6.45) is 1.85. The minimum Gasteiger partial charge on any atom is -0.477 e. The van der Waals surface area contributed by atoms with Crippen LogP contribution in [0.2, 0.25) is 0 Å². The summed E-state index contributed by atoms with van der Waals surface area (Å²) < 4.78 is 0. The molecule has 0 aliphatic carbocycles. The maximum atomic E-state index is 11.6. The zero-order valence-corrected chi connectivity index (χ0v) is 11.0. The number of aromatic carboxylic acids is 1. The van der Waals surface area contributed by atoms with E-state index in [9.17, 15) is 9.59 Å². The molecule has 5 nitrogen and oxygen atoms in total. The average molecular weight is 268 g/mol. The highest BCUT2D eigenvalue weighted by molar-refractivity contribution is 7.12. The number of hydrogen-bond acceptors (Lipinski definition) is 4. The van der Waals surface area contributed by atoms with Gasteiger partial charge in [0.25, 0.3) is 0 Å². The van der Waals surface area contributed by atoms with Crippen LogP contribution in [-0.2, 0) is 4.79 Å². The lowest BCUT2D eigenvalue weighted by Gasteiger charge is -2.32. The number of anilines is 1. The minimum atomic E-state index is -0.897. The van der Waals surface area contributed by atoms with Crippen molar-refractivity contribution in [1.29, 1.82) is 0 Å². The normalized spacial score (nSPS) is 19.6. The van der Waals surface area contributed by atoms with Gasteiger partial charge in [0.05, 0.1) is 5.92 Å². The first-order valence-corrected chi connectivity index (χ1v) is 6.78. The van der Waals surface area contributed by atoms with E-state index in [2.05, 4.69) is 10.2 Å². The van der Waals surface area contributed by atoms with Gasteiger partial charge >= 0.3 is 5.97 Å². The van der Waals surface area contributed by atoms with Crippen LogP contribution >= 0.6 is 11.3 Å². The van der Waals surface area contributed by atoms with Gasteiger partial charge in [0.15, 0.2) is 0 Å². The molecule has 1 saturated heterocycles. The van der Waals surface area contributed by atoms with E-state index in [1.54, 1.807) is 13.1 Å². The second-order valence-electron chi connectivity index (χ2n) is 4.37. The number of hydrogen-bond donors (Lipinski definition) is 2. The van der Waals surface area contributed by atoms with Gasteiger partial charge in [-0.3, -0.25) is 4.79 Å². The maximum Gasteiger partial charge on any atom is 0.345 e. The lowest BCUT2D eigenvalue weighted by atomic mass is 9.97. The van der Waals surface area contributed by atoms with E-state index in [0.717, 1.165) is 25.1 Å². The van der Waals surface area contributed by atoms with Crippen LogP contribution in [0.25, 0.3) is 0 Å². The van der Waals surface area contributed by atoms with Crippen LogP contribution in [0.4, 0.5) is 5.69 Å². The Bertz CT molecular complexity index is 458. The molecule has 2 rings (SSSR count). The molecule has 1 aromatic rings. The fourth-order valence-corrected chi connectivity index (χ4v) is 2.99. The maximum absolute atomic E-state index is 11.6. The van der Waals surface area contributed by atoms with Crippen molar-refractivity contribution in [2.45, 2.75) is 12.8 Å². The fraction of sp³-hybridized carbons (Fsp3) is 0.500. The first-order chi connectivity index (χ1) is 8.61. The quantitative estimate of drug-likeness (QED) is 0.869. The highest BCUT2D eigenvalue weighted by atomic mass is 32.1. The Morgan fingerprint density at radius 2 is 2.33 bits per heavy atom. The summed E-state index contributed by atoms with van der Waals surface area (Å²) >= 11 is 1.22. The Kier molecular flexibility index (Phi) is 3.86. The van der Waals surface area contributed by atoms with Gasteiger partial charge < -0.3 is 15.3 Å². The molecule has 1 aliphatic rings. The highest BCUT2D eigenvalue weighted by Crippen LogP contribution is 2.27. The first kappa shape index (κ1) is 12.9. The number of nitrogens with zero attached hydrogens (tertiary/aromatic N) is 1. The number of rotatable bonds is 3. The topological polar surface area (TPSA) is 69.6 Å². The Hall–Kier alpha value is -1.56. The molecule has 1 unspecified atom stereocenters. The van der Waals surface area contributed by atoms with Crippen molar-refractivity contribution >= 4 is 28.9 Å². The summed E-state index contributed by atoms with van der Waals surface area (Å²) in [6, 6.07) is 1.68. The van der Waals surface area contributed by atoms with E-state index in [1.807, 2.05) is 5.38 Å². The number of carboxylic acid groups (broad SMARTS) is 1. The first-order valence-electron chi connectivity index (χ1n) is 5.90. The van der Waals surface area contributed by atoms with Crippen LogP contribution in [0, 0.1) is 5.92 Å². The molecule has 1 atom stereocenters. The largest absolute Gasteiger partial charge is 0.477 e. The van der Waals surface area contributed by atoms with Crippen LogP contribution < -0.4 is 10.2 Å². The number of carboxylic acids is 1. The Balaban J connectivity index is 2.08. The summed E-state index contributed by atoms with van der Waals surface area (Å²) in [5, 5.41) is 13.4. The van der Waals surface area contributed by atoms with Crippen LogP contribution in [0.15, 0.2) is 11.4 Å². The molecular weight excluding hydrogens is 252 g/mol. The molecule has 2 N–H and O–H groups in total. The molecule has 0 aromatic carbocycles. The van der Waals surface area contributed by atoms with Gasteiger partial charge in [0.1, 0.15) is 4.88 Å². The van der Waals surface area contributed by atoms with E-state index in [1.165, 1.54) is 11.3 Å². The number of thiophene rings is 1. The number of carbonyl (C=O) groups excluding carboxylic acids is 1. The smallest absolute Gasteiger partial charge is 0.345 e. The van der Waals surface area contributed by atoms with E-state index >= 15 is 0 Å². The van der Waals surface area contributed by atoms with Gasteiger partial charge in [-0.2, -0.15) is 0 Å². The zero-order chi connectivity index (χ0) is 13.1. The molecule has 6 heteroatoms. The summed E-state index contributed by atoms with van der Waals surface area (Å²) in [6.45, 7) is 1.54. The second-order valence-corrected chi connectivity index (χ2v) is 5.28. The Morgan fingerprint density at radius 3 is 2.94 bits per heavy atom. The molecule has 1 fully saturated rings. The number of amides is 1. The monoisotopic (exact) mass is 268 g/mol. The van der Waals surface area contributed by atoms with Crippen molar-refractivity contribution in [3.63, 3.8) is 0 Å². The van der Waals surface area contributed by atoms with Crippen LogP contribution in [0.3, 0.4) is 0 Å². The average Bonchev–Trinajstić information content (AvgIpc) is 2.88. The molecule has 1 aromatic heterocycles. The molecule has 2 heterocycles. The molecule has 0 bridgehead atoms. The van der Waals surface area contributed by atoms with Gasteiger partial charge in [0.2, 0.25) is 5.91 Å². The predicted molar refractivity (Wildman–Crippen MR) is 70.3 cm³/mol. The van der Waals surface area contributed by atoms with E-state index in [0.29, 0.717) is 11.4 Å².